The minimum Gasteiger partial charge on any atom is -0.508 e. The standard InChI is InChI=1S/C50H71N13O12.C2H3N3/c1-5-28(4)41(47(72)59-36(23-31-25-54-26-56-31)48(73)63-20-10-14-38(63)45(70)60-37(49(74)75)22-29-11-7-6-8-12-29)62-44(69)35(21-30-15-17-32(64)18-16-30)58-46(71)40(27(2)3)61-43(68)34(13-9-19-55-50(52)53)57-42(67)33(51)24-39(65)66;1-2-4-5-3-1/h6-8,11-12,15-18,25-28,33-38,40-41,64H,5,9-10,13-14,19-24,51H2,1-4H3,(H,54,56)(H,57,67)(H,58,71)(H,59,72)(H,60,70)(H,61,68)(H,62,69)(H,65,66)(H,74,75)(H4,52,53,55);1-2H,(H,3,4,5)/t28-,33-,34-,35-,36-,37-,38-,40-,41-;/m0./s1. The largest absolute Gasteiger partial charge is 0.508 e. The van der Waals surface area contributed by atoms with Crippen LogP contribution in [0.2, 0.25) is 0 Å². The summed E-state index contributed by atoms with van der Waals surface area (Å²) in [4.78, 5) is 130. The Hall–Kier alpha value is -8.95. The van der Waals surface area contributed by atoms with E-state index in [1.165, 1.54) is 41.7 Å². The molecule has 17 N–H and O–H groups in total. The van der Waals surface area contributed by atoms with E-state index >= 15 is 0 Å². The molecule has 0 aliphatic carbocycles. The van der Waals surface area contributed by atoms with Gasteiger partial charge in [-0.1, -0.05) is 81.8 Å². The van der Waals surface area contributed by atoms with E-state index < -0.39 is 120 Å². The Morgan fingerprint density at radius 2 is 1.40 bits per heavy atom. The lowest BCUT2D eigenvalue weighted by atomic mass is 9.96. The number of likely N-dealkylation sites (tertiary alicyclic amines) is 1. The summed E-state index contributed by atoms with van der Waals surface area (Å²) in [6.45, 7) is 6.96. The summed E-state index contributed by atoms with van der Waals surface area (Å²) >= 11 is 0. The number of hydrogen-bond acceptors (Lipinski definition) is 15. The van der Waals surface area contributed by atoms with Gasteiger partial charge in [0.05, 0.1) is 25.0 Å². The molecule has 0 radical (unpaired) electrons. The molecule has 1 aliphatic rings. The average molecular weight is 1120 g/mol. The summed E-state index contributed by atoms with van der Waals surface area (Å²) in [7, 11) is 0. The van der Waals surface area contributed by atoms with Crippen molar-refractivity contribution < 1.29 is 58.5 Å². The van der Waals surface area contributed by atoms with Gasteiger partial charge in [-0.05, 0) is 60.8 Å². The number of carbonyl (C=O) groups excluding carboxylic acids is 7. The number of carboxylic acids is 2. The molecule has 0 spiro atoms. The first-order valence-electron chi connectivity index (χ1n) is 26.1. The SMILES string of the molecule is CC[C@H](C)[C@H](NC(=O)[C@H](Cc1ccc(O)cc1)NC(=O)[C@@H](NC(=O)[C@H](CCCNC(=N)N)NC(=O)[C@@H](N)CC(=O)O)C(C)C)C(=O)N[C@@H](Cc1cnc[nH]1)C(=O)N1CCC[C@H]1C(=O)N[C@@H](Cc1ccccc1)C(=O)O.c1c[nH]nn1. The minimum absolute atomic E-state index is 0.00272. The van der Waals surface area contributed by atoms with Crippen molar-refractivity contribution in [3.8, 4) is 5.75 Å². The average Bonchev–Trinajstić information content (AvgIpc) is 4.30. The van der Waals surface area contributed by atoms with Gasteiger partial charge in [0, 0.05) is 50.4 Å². The van der Waals surface area contributed by atoms with Crippen molar-refractivity contribution in [2.45, 2.75) is 134 Å². The van der Waals surface area contributed by atoms with Crippen molar-refractivity contribution in [1.29, 1.82) is 5.41 Å². The van der Waals surface area contributed by atoms with Crippen LogP contribution in [-0.2, 0) is 62.4 Å². The van der Waals surface area contributed by atoms with Gasteiger partial charge in [0.1, 0.15) is 48.0 Å². The number of guanidine groups is 1. The summed E-state index contributed by atoms with van der Waals surface area (Å²) < 4.78 is 0. The summed E-state index contributed by atoms with van der Waals surface area (Å²) in [5.74, 6) is -9.79. The summed E-state index contributed by atoms with van der Waals surface area (Å²) in [5, 5.41) is 64.4. The van der Waals surface area contributed by atoms with E-state index in [1.807, 2.05) is 0 Å². The maximum atomic E-state index is 14.6. The zero-order valence-electron chi connectivity index (χ0n) is 45.0. The number of phenols is 1. The molecule has 5 rings (SSSR count). The molecule has 7 amide bonds. The zero-order chi connectivity index (χ0) is 58.9. The fourth-order valence-corrected chi connectivity index (χ4v) is 8.51. The fraction of sp³-hybridized carbons (Fsp3) is 0.481. The zero-order valence-corrected chi connectivity index (χ0v) is 45.0. The second-order valence-electron chi connectivity index (χ2n) is 19.6. The fourth-order valence-electron chi connectivity index (χ4n) is 8.51. The quantitative estimate of drug-likeness (QED) is 0.0171. The van der Waals surface area contributed by atoms with E-state index in [0.29, 0.717) is 29.7 Å². The minimum atomic E-state index is -1.51. The number of imidazole rings is 1. The Morgan fingerprint density at radius 1 is 0.775 bits per heavy atom. The molecular formula is C52H74N16O12. The number of aromatic amines is 2. The Labute approximate surface area is 461 Å². The van der Waals surface area contributed by atoms with Crippen LogP contribution in [0.3, 0.4) is 0 Å². The van der Waals surface area contributed by atoms with Gasteiger partial charge < -0.3 is 73.9 Å². The van der Waals surface area contributed by atoms with Gasteiger partial charge in [0.15, 0.2) is 5.96 Å². The van der Waals surface area contributed by atoms with Crippen LogP contribution in [0, 0.1) is 17.2 Å². The van der Waals surface area contributed by atoms with Gasteiger partial charge in [-0.25, -0.2) is 9.78 Å². The second kappa shape index (κ2) is 32.1. The molecule has 0 saturated carbocycles. The first-order chi connectivity index (χ1) is 38.1. The van der Waals surface area contributed by atoms with E-state index in [-0.39, 0.29) is 63.3 Å². The number of carboxylic acid groups (broad SMARTS) is 2. The summed E-state index contributed by atoms with van der Waals surface area (Å²) in [6.07, 6.45) is 6.16. The van der Waals surface area contributed by atoms with Gasteiger partial charge in [0.25, 0.3) is 0 Å². The lowest BCUT2D eigenvalue weighted by molar-refractivity contribution is -0.145. The molecule has 1 saturated heterocycles. The molecule has 434 valence electrons. The van der Waals surface area contributed by atoms with Crippen molar-refractivity contribution in [1.82, 2.24) is 67.5 Å². The number of nitrogens with one attached hydrogen (secondary N) is 10. The predicted molar refractivity (Wildman–Crippen MR) is 288 cm³/mol. The van der Waals surface area contributed by atoms with Crippen molar-refractivity contribution >= 4 is 59.2 Å². The molecule has 3 heterocycles. The highest BCUT2D eigenvalue weighted by molar-refractivity contribution is 5.98. The Balaban J connectivity index is 0.00000260. The third kappa shape index (κ3) is 20.8. The number of benzene rings is 2. The van der Waals surface area contributed by atoms with Crippen molar-refractivity contribution in [2.24, 2.45) is 23.3 Å². The normalized spacial score (nSPS) is 15.8. The van der Waals surface area contributed by atoms with Crippen LogP contribution in [0.15, 0.2) is 79.5 Å². The number of hydrogen-bond donors (Lipinski definition) is 15. The molecule has 0 bridgehead atoms. The number of nitrogens with zero attached hydrogens (tertiary/aromatic N) is 4. The Bertz CT molecular complexity index is 2640. The van der Waals surface area contributed by atoms with Crippen molar-refractivity contribution in [3.63, 3.8) is 0 Å². The first kappa shape index (κ1) is 63.6. The third-order valence-corrected chi connectivity index (χ3v) is 13.1. The molecule has 1 fully saturated rings. The molecule has 80 heavy (non-hydrogen) atoms. The maximum Gasteiger partial charge on any atom is 0.326 e. The van der Waals surface area contributed by atoms with Gasteiger partial charge in [-0.2, -0.15) is 0 Å². The van der Waals surface area contributed by atoms with Crippen LogP contribution >= 0.6 is 0 Å². The van der Waals surface area contributed by atoms with Gasteiger partial charge in [0.2, 0.25) is 41.4 Å². The number of phenolic OH excluding ortho intramolecular Hbond substituents is 1. The predicted octanol–water partition coefficient (Wildman–Crippen LogP) is -1.30. The number of carbonyl (C=O) groups is 9. The number of H-pyrrole nitrogens is 2. The molecule has 9 atom stereocenters. The lowest BCUT2D eigenvalue weighted by Gasteiger charge is -2.32. The number of aliphatic carboxylic acids is 2. The molecule has 28 nitrogen and oxygen atoms in total. The van der Waals surface area contributed by atoms with Crippen LogP contribution in [0.1, 0.15) is 83.0 Å². The topological polar surface area (TPSA) is 448 Å². The van der Waals surface area contributed by atoms with Gasteiger partial charge >= 0.3 is 11.9 Å². The van der Waals surface area contributed by atoms with Crippen LogP contribution < -0.4 is 48.7 Å². The van der Waals surface area contributed by atoms with E-state index in [4.69, 9.17) is 22.0 Å². The highest BCUT2D eigenvalue weighted by atomic mass is 16.4. The molecule has 1 aliphatic heterocycles. The van der Waals surface area contributed by atoms with Gasteiger partial charge in [-0.3, -0.25) is 48.9 Å². The summed E-state index contributed by atoms with van der Waals surface area (Å²) in [6, 6.07) is 3.94. The molecule has 28 heteroatoms. The Morgan fingerprint density at radius 3 is 1.98 bits per heavy atom. The smallest absolute Gasteiger partial charge is 0.326 e. The molecular weight excluding hydrogens is 1040 g/mol. The number of amides is 7. The first-order valence-corrected chi connectivity index (χ1v) is 26.1. The van der Waals surface area contributed by atoms with Crippen LogP contribution in [0.25, 0.3) is 0 Å². The summed E-state index contributed by atoms with van der Waals surface area (Å²) in [5.41, 5.74) is 12.8. The number of aromatic hydroxyl groups is 1. The van der Waals surface area contributed by atoms with E-state index in [9.17, 15) is 53.4 Å². The monoisotopic (exact) mass is 1110 g/mol. The third-order valence-electron chi connectivity index (χ3n) is 13.1. The molecule has 0 unspecified atom stereocenters. The second-order valence-corrected chi connectivity index (χ2v) is 19.6. The molecule has 4 aromatic rings. The van der Waals surface area contributed by atoms with Crippen LogP contribution in [-0.4, -0.2) is 166 Å². The van der Waals surface area contributed by atoms with E-state index in [0.717, 1.165) is 0 Å². The van der Waals surface area contributed by atoms with Crippen molar-refractivity contribution in [2.75, 3.05) is 13.1 Å². The van der Waals surface area contributed by atoms with E-state index in [2.05, 4.69) is 62.6 Å². The highest BCUT2D eigenvalue weighted by Gasteiger charge is 2.41. The van der Waals surface area contributed by atoms with E-state index in [1.54, 1.807) is 70.4 Å². The number of rotatable bonds is 29. The lowest BCUT2D eigenvalue weighted by Crippen LogP contribution is -2.62. The van der Waals surface area contributed by atoms with Gasteiger partial charge in [-0.15, -0.1) is 5.10 Å². The van der Waals surface area contributed by atoms with Crippen LogP contribution in [0.4, 0.5) is 0 Å². The van der Waals surface area contributed by atoms with Crippen LogP contribution in [0.5, 0.6) is 5.75 Å². The number of aromatic nitrogens is 5. The maximum absolute atomic E-state index is 14.6. The number of nitrogens with two attached hydrogens (primary N) is 2. The molecule has 2 aromatic heterocycles. The highest BCUT2D eigenvalue weighted by Crippen LogP contribution is 2.21. The van der Waals surface area contributed by atoms with Crippen molar-refractivity contribution in [3.05, 3.63) is 96.3 Å². The Kier molecular flexibility index (Phi) is 25.5. The molecule has 2 aromatic carbocycles.